The number of Topliss-reactive ketones (excluding diaryl/α,β-unsaturated/α-hetero) is 1. The number of nitrogens with zero attached hydrogens (tertiary/aromatic N) is 1. The normalized spacial score (nSPS) is 28.4. The van der Waals surface area contributed by atoms with E-state index in [1.807, 2.05) is 0 Å². The molecule has 7 heteroatoms. The van der Waals surface area contributed by atoms with Gasteiger partial charge in [0.1, 0.15) is 17.7 Å². The SMILES string of the molecule is CC1=NC2=C(C(=O)C(C(=O)O)C(C)C2)C(c2ccccc2F)C1C(=O)O. The summed E-state index contributed by atoms with van der Waals surface area (Å²) in [7, 11) is 0. The molecule has 136 valence electrons. The van der Waals surface area contributed by atoms with Gasteiger partial charge in [-0.3, -0.25) is 19.4 Å². The number of hydrogen-bond donors (Lipinski definition) is 2. The second-order valence-electron chi connectivity index (χ2n) is 6.79. The van der Waals surface area contributed by atoms with Gasteiger partial charge in [0, 0.05) is 22.9 Å². The average Bonchev–Trinajstić information content (AvgIpc) is 2.53. The molecule has 1 heterocycles. The fourth-order valence-electron chi connectivity index (χ4n) is 3.97. The third kappa shape index (κ3) is 2.73. The van der Waals surface area contributed by atoms with Crippen LogP contribution in [0.25, 0.3) is 0 Å². The molecule has 0 spiro atoms. The van der Waals surface area contributed by atoms with Gasteiger partial charge in [-0.25, -0.2) is 4.39 Å². The quantitative estimate of drug-likeness (QED) is 0.808. The highest BCUT2D eigenvalue weighted by atomic mass is 19.1. The van der Waals surface area contributed by atoms with Crippen molar-refractivity contribution in [1.29, 1.82) is 0 Å². The van der Waals surface area contributed by atoms with E-state index in [2.05, 4.69) is 4.99 Å². The van der Waals surface area contributed by atoms with Crippen molar-refractivity contribution in [2.45, 2.75) is 26.2 Å². The Labute approximate surface area is 149 Å². The number of allylic oxidation sites excluding steroid dienone is 2. The number of carbonyl (C=O) groups is 3. The van der Waals surface area contributed by atoms with Crippen molar-refractivity contribution >= 4 is 23.4 Å². The van der Waals surface area contributed by atoms with E-state index in [9.17, 15) is 29.0 Å². The van der Waals surface area contributed by atoms with E-state index in [0.717, 1.165) is 0 Å². The van der Waals surface area contributed by atoms with Crippen LogP contribution in [0.1, 0.15) is 31.7 Å². The van der Waals surface area contributed by atoms with Crippen molar-refractivity contribution < 1.29 is 29.0 Å². The van der Waals surface area contributed by atoms with Gasteiger partial charge in [0.05, 0.1) is 0 Å². The van der Waals surface area contributed by atoms with E-state index in [0.29, 0.717) is 5.70 Å². The number of carboxylic acid groups (broad SMARTS) is 2. The summed E-state index contributed by atoms with van der Waals surface area (Å²) >= 11 is 0. The number of hydrogen-bond acceptors (Lipinski definition) is 4. The van der Waals surface area contributed by atoms with Gasteiger partial charge in [-0.05, 0) is 30.9 Å². The molecule has 2 aliphatic rings. The summed E-state index contributed by atoms with van der Waals surface area (Å²) in [6, 6.07) is 5.65. The molecule has 0 radical (unpaired) electrons. The van der Waals surface area contributed by atoms with Crippen LogP contribution in [0.2, 0.25) is 0 Å². The Kier molecular flexibility index (Phi) is 4.48. The second-order valence-corrected chi connectivity index (χ2v) is 6.79. The standard InChI is InChI=1S/C19H18FNO5/c1-8-7-12-16(17(22)13(8)18(23)24)15(10-5-3-4-6-11(10)20)14(19(25)26)9(2)21-12/h3-6,8,13-15H,7H2,1-2H3,(H,23,24)(H,25,26). The number of rotatable bonds is 3. The lowest BCUT2D eigenvalue weighted by Crippen LogP contribution is -2.42. The fraction of sp³-hybridized carbons (Fsp3) is 0.368. The van der Waals surface area contributed by atoms with E-state index in [4.69, 9.17) is 0 Å². The third-order valence-electron chi connectivity index (χ3n) is 5.12. The van der Waals surface area contributed by atoms with Crippen molar-refractivity contribution in [3.63, 3.8) is 0 Å². The number of aliphatic imine (C=N–C) groups is 1. The zero-order valence-electron chi connectivity index (χ0n) is 14.3. The lowest BCUT2D eigenvalue weighted by atomic mass is 9.67. The molecule has 1 aromatic carbocycles. The first-order valence-electron chi connectivity index (χ1n) is 8.26. The summed E-state index contributed by atoms with van der Waals surface area (Å²) in [5.41, 5.74) is 0.717. The summed E-state index contributed by atoms with van der Waals surface area (Å²) in [5.74, 6) is -7.89. The van der Waals surface area contributed by atoms with Gasteiger partial charge >= 0.3 is 11.9 Å². The van der Waals surface area contributed by atoms with E-state index >= 15 is 0 Å². The molecule has 4 atom stereocenters. The van der Waals surface area contributed by atoms with Gasteiger partial charge in [-0.1, -0.05) is 25.1 Å². The van der Waals surface area contributed by atoms with Crippen molar-refractivity contribution in [3.8, 4) is 0 Å². The summed E-state index contributed by atoms with van der Waals surface area (Å²) < 4.78 is 14.5. The van der Waals surface area contributed by atoms with Crippen LogP contribution in [-0.4, -0.2) is 33.6 Å². The van der Waals surface area contributed by atoms with Gasteiger partial charge < -0.3 is 10.2 Å². The summed E-state index contributed by atoms with van der Waals surface area (Å²) in [5, 5.41) is 19.1. The van der Waals surface area contributed by atoms with Crippen LogP contribution in [0.15, 0.2) is 40.5 Å². The summed E-state index contributed by atoms with van der Waals surface area (Å²) in [6.45, 7) is 3.18. The maximum Gasteiger partial charge on any atom is 0.314 e. The molecule has 1 aliphatic carbocycles. The molecule has 3 rings (SSSR count). The molecular weight excluding hydrogens is 341 g/mol. The van der Waals surface area contributed by atoms with Crippen LogP contribution in [0.5, 0.6) is 0 Å². The molecule has 0 saturated heterocycles. The summed E-state index contributed by atoms with van der Waals surface area (Å²) in [4.78, 5) is 40.7. The average molecular weight is 359 g/mol. The third-order valence-corrected chi connectivity index (χ3v) is 5.12. The number of benzene rings is 1. The Morgan fingerprint density at radius 2 is 1.77 bits per heavy atom. The molecule has 0 bridgehead atoms. The van der Waals surface area contributed by atoms with E-state index < -0.39 is 47.2 Å². The Balaban J connectivity index is 2.25. The molecule has 1 aromatic rings. The van der Waals surface area contributed by atoms with Gasteiger partial charge in [0.25, 0.3) is 0 Å². The smallest absolute Gasteiger partial charge is 0.314 e. The van der Waals surface area contributed by atoms with Crippen LogP contribution in [0, 0.1) is 23.6 Å². The number of ketones is 1. The monoisotopic (exact) mass is 359 g/mol. The van der Waals surface area contributed by atoms with Gasteiger partial charge in [0.2, 0.25) is 0 Å². The molecule has 0 amide bonds. The van der Waals surface area contributed by atoms with Crippen LogP contribution >= 0.6 is 0 Å². The molecule has 0 fully saturated rings. The van der Waals surface area contributed by atoms with Crippen molar-refractivity contribution in [2.75, 3.05) is 0 Å². The van der Waals surface area contributed by atoms with E-state index in [1.165, 1.54) is 25.1 Å². The zero-order chi connectivity index (χ0) is 19.2. The molecular formula is C19H18FNO5. The minimum atomic E-state index is -1.29. The highest BCUT2D eigenvalue weighted by molar-refractivity contribution is 6.13. The lowest BCUT2D eigenvalue weighted by molar-refractivity contribution is -0.147. The highest BCUT2D eigenvalue weighted by Gasteiger charge is 2.49. The van der Waals surface area contributed by atoms with Crippen molar-refractivity contribution in [2.24, 2.45) is 22.7 Å². The molecule has 0 saturated carbocycles. The zero-order valence-corrected chi connectivity index (χ0v) is 14.3. The molecule has 26 heavy (non-hydrogen) atoms. The van der Waals surface area contributed by atoms with Crippen molar-refractivity contribution in [3.05, 3.63) is 46.9 Å². The van der Waals surface area contributed by atoms with Crippen LogP contribution in [0.4, 0.5) is 4.39 Å². The maximum absolute atomic E-state index is 14.5. The minimum absolute atomic E-state index is 0.0126. The fourth-order valence-corrected chi connectivity index (χ4v) is 3.97. The largest absolute Gasteiger partial charge is 0.481 e. The Hall–Kier alpha value is -2.83. The first kappa shape index (κ1) is 18.0. The molecule has 0 aromatic heterocycles. The Morgan fingerprint density at radius 1 is 1.15 bits per heavy atom. The van der Waals surface area contributed by atoms with Crippen LogP contribution in [0.3, 0.4) is 0 Å². The molecule has 1 aliphatic heterocycles. The predicted octanol–water partition coefficient (Wildman–Crippen LogP) is 2.65. The molecule has 2 N–H and O–H groups in total. The topological polar surface area (TPSA) is 104 Å². The van der Waals surface area contributed by atoms with E-state index in [1.54, 1.807) is 13.0 Å². The van der Waals surface area contributed by atoms with Crippen LogP contribution in [-0.2, 0) is 14.4 Å². The summed E-state index contributed by atoms with van der Waals surface area (Å²) in [6.07, 6.45) is 0.229. The maximum atomic E-state index is 14.5. The lowest BCUT2D eigenvalue weighted by Gasteiger charge is -2.37. The second kappa shape index (κ2) is 6.48. The number of halogens is 1. The van der Waals surface area contributed by atoms with Crippen molar-refractivity contribution in [1.82, 2.24) is 0 Å². The Bertz CT molecular complexity index is 872. The van der Waals surface area contributed by atoms with Crippen LogP contribution < -0.4 is 0 Å². The minimum Gasteiger partial charge on any atom is -0.481 e. The molecule has 6 nitrogen and oxygen atoms in total. The van der Waals surface area contributed by atoms with Gasteiger partial charge in [-0.15, -0.1) is 0 Å². The number of aliphatic carboxylic acids is 2. The first-order chi connectivity index (χ1) is 12.2. The molecule has 4 unspecified atom stereocenters. The van der Waals surface area contributed by atoms with Gasteiger partial charge in [0.15, 0.2) is 5.78 Å². The Morgan fingerprint density at radius 3 is 2.35 bits per heavy atom. The number of carboxylic acids is 2. The van der Waals surface area contributed by atoms with E-state index in [-0.39, 0.29) is 23.3 Å². The van der Waals surface area contributed by atoms with Gasteiger partial charge in [-0.2, -0.15) is 0 Å². The number of carbonyl (C=O) groups excluding carboxylic acids is 1. The first-order valence-corrected chi connectivity index (χ1v) is 8.26. The predicted molar refractivity (Wildman–Crippen MR) is 90.3 cm³/mol. The highest BCUT2D eigenvalue weighted by Crippen LogP contribution is 2.46.